The zero-order valence-electron chi connectivity index (χ0n) is 11.1. The second-order valence-corrected chi connectivity index (χ2v) is 4.03. The normalized spacial score (nSPS) is 18.4. The van der Waals surface area contributed by atoms with Crippen molar-refractivity contribution in [2.45, 2.75) is 19.4 Å². The summed E-state index contributed by atoms with van der Waals surface area (Å²) in [4.78, 5) is 36.1. The van der Waals surface area contributed by atoms with Crippen LogP contribution in [0.2, 0.25) is 0 Å². The Kier molecular flexibility index (Phi) is 3.94. The van der Waals surface area contributed by atoms with Crippen LogP contribution in [0, 0.1) is 0 Å². The maximum atomic E-state index is 11.8. The number of nitrogens with one attached hydrogen (secondary N) is 2. The van der Waals surface area contributed by atoms with Gasteiger partial charge in [0.15, 0.2) is 0 Å². The van der Waals surface area contributed by atoms with Crippen LogP contribution in [0.25, 0.3) is 0 Å². The zero-order valence-corrected chi connectivity index (χ0v) is 11.1. The summed E-state index contributed by atoms with van der Waals surface area (Å²) >= 11 is 0. The predicted octanol–water partition coefficient (Wildman–Crippen LogP) is -1.27. The topological polar surface area (TPSA) is 135 Å². The number of carbonyl (C=O) groups excluding carboxylic acids is 2. The first-order valence-electron chi connectivity index (χ1n) is 5.97. The van der Waals surface area contributed by atoms with E-state index < -0.39 is 6.04 Å². The van der Waals surface area contributed by atoms with Gasteiger partial charge in [0.1, 0.15) is 6.04 Å². The van der Waals surface area contributed by atoms with Crippen molar-refractivity contribution in [3.8, 4) is 6.01 Å². The molecular weight excluding hydrogens is 266 g/mol. The first kappa shape index (κ1) is 13.9. The first-order valence-corrected chi connectivity index (χ1v) is 5.97. The maximum absolute atomic E-state index is 11.8. The van der Waals surface area contributed by atoms with Crippen molar-refractivity contribution in [3.63, 3.8) is 0 Å². The van der Waals surface area contributed by atoms with Crippen LogP contribution in [0.4, 0.5) is 11.9 Å². The Hall–Kier alpha value is -2.49. The van der Waals surface area contributed by atoms with Gasteiger partial charge in [-0.1, -0.05) is 0 Å². The van der Waals surface area contributed by atoms with Gasteiger partial charge >= 0.3 is 6.01 Å². The molecule has 20 heavy (non-hydrogen) atoms. The van der Waals surface area contributed by atoms with E-state index >= 15 is 0 Å². The van der Waals surface area contributed by atoms with Gasteiger partial charge in [-0.05, 0) is 6.92 Å². The number of nitrogens with two attached hydrogens (primary N) is 1. The first-order chi connectivity index (χ1) is 9.55. The van der Waals surface area contributed by atoms with Crippen molar-refractivity contribution < 1.29 is 14.3 Å². The monoisotopic (exact) mass is 281 g/mol. The molecule has 10 nitrogen and oxygen atoms in total. The summed E-state index contributed by atoms with van der Waals surface area (Å²) in [6, 6.07) is -0.627. The third kappa shape index (κ3) is 2.74. The highest BCUT2D eigenvalue weighted by atomic mass is 16.5. The summed E-state index contributed by atoms with van der Waals surface area (Å²) in [5.41, 5.74) is 2.28. The van der Waals surface area contributed by atoms with Crippen molar-refractivity contribution in [2.24, 2.45) is 5.84 Å². The molecule has 0 bridgehead atoms. The molecule has 0 spiro atoms. The molecule has 1 saturated heterocycles. The summed E-state index contributed by atoms with van der Waals surface area (Å²) in [5, 5.41) is 2.78. The third-order valence-corrected chi connectivity index (χ3v) is 2.70. The van der Waals surface area contributed by atoms with E-state index in [1.807, 2.05) is 0 Å². The number of rotatable bonds is 5. The minimum absolute atomic E-state index is 0.0520. The fraction of sp³-hybridized carbons (Fsp3) is 0.500. The van der Waals surface area contributed by atoms with Crippen molar-refractivity contribution in [2.75, 3.05) is 24.4 Å². The molecule has 2 rings (SSSR count). The van der Waals surface area contributed by atoms with E-state index in [2.05, 4.69) is 25.7 Å². The molecule has 108 valence electrons. The fourth-order valence-electron chi connectivity index (χ4n) is 1.70. The van der Waals surface area contributed by atoms with Gasteiger partial charge in [0, 0.05) is 7.05 Å². The summed E-state index contributed by atoms with van der Waals surface area (Å²) < 4.78 is 5.16. The SMILES string of the molecule is CCOc1nc(NN)nc(NC2CC(=O)N(C)C2=O)n1. The summed E-state index contributed by atoms with van der Waals surface area (Å²) in [5.74, 6) is 4.85. The van der Waals surface area contributed by atoms with E-state index in [4.69, 9.17) is 10.6 Å². The highest BCUT2D eigenvalue weighted by Crippen LogP contribution is 2.17. The molecule has 4 N–H and O–H groups in total. The Morgan fingerprint density at radius 2 is 2.05 bits per heavy atom. The molecule has 1 atom stereocenters. The number of hydrazine groups is 1. The number of nitrogen functional groups attached to an aromatic ring is 1. The molecule has 10 heteroatoms. The van der Waals surface area contributed by atoms with Crippen LogP contribution in [0.1, 0.15) is 13.3 Å². The van der Waals surface area contributed by atoms with Gasteiger partial charge in [0.05, 0.1) is 13.0 Å². The number of hydrogen-bond acceptors (Lipinski definition) is 9. The van der Waals surface area contributed by atoms with E-state index in [1.54, 1.807) is 6.92 Å². The molecule has 2 amide bonds. The van der Waals surface area contributed by atoms with Crippen LogP contribution >= 0.6 is 0 Å². The van der Waals surface area contributed by atoms with Gasteiger partial charge in [0.25, 0.3) is 5.91 Å². The van der Waals surface area contributed by atoms with Crippen molar-refractivity contribution >= 4 is 23.7 Å². The highest BCUT2D eigenvalue weighted by molar-refractivity contribution is 6.06. The maximum Gasteiger partial charge on any atom is 0.323 e. The number of imide groups is 1. The molecule has 1 unspecified atom stereocenters. The van der Waals surface area contributed by atoms with Crippen LogP contribution < -0.4 is 21.3 Å². The minimum atomic E-state index is -0.699. The van der Waals surface area contributed by atoms with E-state index in [-0.39, 0.29) is 36.1 Å². The number of likely N-dealkylation sites (tertiary alicyclic amines) is 1. The fourth-order valence-corrected chi connectivity index (χ4v) is 1.70. The molecule has 0 aromatic carbocycles. The summed E-state index contributed by atoms with van der Waals surface area (Å²) in [7, 11) is 1.43. The standard InChI is InChI=1S/C10H15N7O3/c1-3-20-10-14-8(13-9(15-10)16-11)12-5-4-6(18)17(2)7(5)19/h5H,3-4,11H2,1-2H3,(H2,12,13,14,15,16). The largest absolute Gasteiger partial charge is 0.464 e. The molecule has 2 heterocycles. The van der Waals surface area contributed by atoms with E-state index in [9.17, 15) is 9.59 Å². The van der Waals surface area contributed by atoms with Crippen LogP contribution in [-0.4, -0.2) is 51.4 Å². The molecular formula is C10H15N7O3. The lowest BCUT2D eigenvalue weighted by Gasteiger charge is -2.12. The second kappa shape index (κ2) is 5.65. The summed E-state index contributed by atoms with van der Waals surface area (Å²) in [6.07, 6.45) is 0.0520. The van der Waals surface area contributed by atoms with E-state index in [1.165, 1.54) is 7.05 Å². The summed E-state index contributed by atoms with van der Waals surface area (Å²) in [6.45, 7) is 2.15. The molecule has 1 aromatic rings. The van der Waals surface area contributed by atoms with Crippen LogP contribution in [0.5, 0.6) is 6.01 Å². The van der Waals surface area contributed by atoms with Gasteiger partial charge in [-0.2, -0.15) is 15.0 Å². The number of carbonyl (C=O) groups is 2. The smallest absolute Gasteiger partial charge is 0.323 e. The molecule has 0 aliphatic carbocycles. The highest BCUT2D eigenvalue weighted by Gasteiger charge is 2.36. The van der Waals surface area contributed by atoms with Crippen molar-refractivity contribution in [3.05, 3.63) is 0 Å². The number of likely N-dealkylation sites (N-methyl/N-ethyl adjacent to an activating group) is 1. The zero-order chi connectivity index (χ0) is 14.7. The molecule has 1 aliphatic rings. The second-order valence-electron chi connectivity index (χ2n) is 4.03. The van der Waals surface area contributed by atoms with Gasteiger partial charge in [-0.3, -0.25) is 19.9 Å². The average molecular weight is 281 g/mol. The van der Waals surface area contributed by atoms with Crippen molar-refractivity contribution in [1.29, 1.82) is 0 Å². The number of hydrogen-bond donors (Lipinski definition) is 3. The number of ether oxygens (including phenoxy) is 1. The van der Waals surface area contributed by atoms with Crippen molar-refractivity contribution in [1.82, 2.24) is 19.9 Å². The Morgan fingerprint density at radius 1 is 1.35 bits per heavy atom. The molecule has 0 saturated carbocycles. The number of nitrogens with zero attached hydrogens (tertiary/aromatic N) is 4. The quantitative estimate of drug-likeness (QED) is 0.342. The molecule has 1 aliphatic heterocycles. The van der Waals surface area contributed by atoms with E-state index in [0.717, 1.165) is 4.90 Å². The molecule has 0 radical (unpaired) electrons. The molecule has 1 aromatic heterocycles. The van der Waals surface area contributed by atoms with Gasteiger partial charge < -0.3 is 10.1 Å². The number of amides is 2. The Labute approximate surface area is 114 Å². The number of aromatic nitrogens is 3. The van der Waals surface area contributed by atoms with Crippen LogP contribution in [0.15, 0.2) is 0 Å². The Morgan fingerprint density at radius 3 is 2.60 bits per heavy atom. The number of anilines is 2. The lowest BCUT2D eigenvalue weighted by Crippen LogP contribution is -2.32. The van der Waals surface area contributed by atoms with Gasteiger partial charge in [-0.25, -0.2) is 5.84 Å². The Bertz CT molecular complexity index is 536. The van der Waals surface area contributed by atoms with Crippen LogP contribution in [0.3, 0.4) is 0 Å². The molecule has 1 fully saturated rings. The lowest BCUT2D eigenvalue weighted by atomic mass is 10.2. The van der Waals surface area contributed by atoms with Crippen LogP contribution in [-0.2, 0) is 9.59 Å². The van der Waals surface area contributed by atoms with E-state index in [0.29, 0.717) is 6.61 Å². The average Bonchev–Trinajstić information content (AvgIpc) is 2.66. The van der Waals surface area contributed by atoms with Gasteiger partial charge in [-0.15, -0.1) is 0 Å². The lowest BCUT2D eigenvalue weighted by molar-refractivity contribution is -0.136. The Balaban J connectivity index is 2.18. The predicted molar refractivity (Wildman–Crippen MR) is 68.6 cm³/mol. The minimum Gasteiger partial charge on any atom is -0.464 e. The third-order valence-electron chi connectivity index (χ3n) is 2.70. The van der Waals surface area contributed by atoms with Gasteiger partial charge in [0.2, 0.25) is 17.8 Å².